The fraction of sp³-hybridized carbons (Fsp3) is 0.250. The summed E-state index contributed by atoms with van der Waals surface area (Å²) in [5.74, 6) is -1.70. The zero-order valence-electron chi connectivity index (χ0n) is 10.1. The van der Waals surface area contributed by atoms with Crippen LogP contribution in [0.25, 0.3) is 0 Å². The summed E-state index contributed by atoms with van der Waals surface area (Å²) >= 11 is 0. The molecule has 1 aromatic rings. The van der Waals surface area contributed by atoms with Crippen molar-refractivity contribution < 1.29 is 19.1 Å². The number of hydrogen-bond acceptors (Lipinski definition) is 3. The van der Waals surface area contributed by atoms with Gasteiger partial charge in [0.15, 0.2) is 0 Å². The van der Waals surface area contributed by atoms with Gasteiger partial charge in [0, 0.05) is 11.7 Å². The Hall–Kier alpha value is -2.62. The number of carbonyl (C=O) groups excluding carboxylic acids is 1. The molecule has 1 unspecified atom stereocenters. The SMILES string of the molecule is CC(CC(=O)O)NC(=O)Nc1ccc(F)c(C#N)c1. The number of rotatable bonds is 4. The fourth-order valence-corrected chi connectivity index (χ4v) is 1.39. The molecule has 6 nitrogen and oxygen atoms in total. The number of hydrogen-bond donors (Lipinski definition) is 3. The van der Waals surface area contributed by atoms with E-state index in [1.54, 1.807) is 13.0 Å². The summed E-state index contributed by atoms with van der Waals surface area (Å²) in [6, 6.07) is 4.04. The summed E-state index contributed by atoms with van der Waals surface area (Å²) in [6.07, 6.45) is -0.208. The van der Waals surface area contributed by atoms with E-state index in [-0.39, 0.29) is 17.7 Å². The van der Waals surface area contributed by atoms with E-state index < -0.39 is 23.9 Å². The van der Waals surface area contributed by atoms with Crippen LogP contribution in [-0.2, 0) is 4.79 Å². The molecule has 1 atom stereocenters. The molecule has 7 heteroatoms. The zero-order valence-corrected chi connectivity index (χ0v) is 10.1. The quantitative estimate of drug-likeness (QED) is 0.770. The highest BCUT2D eigenvalue weighted by molar-refractivity contribution is 5.89. The maximum absolute atomic E-state index is 13.0. The zero-order chi connectivity index (χ0) is 14.4. The minimum absolute atomic E-state index is 0.184. The molecule has 0 heterocycles. The molecular weight excluding hydrogens is 253 g/mol. The number of amides is 2. The Kier molecular flexibility index (Phi) is 4.83. The van der Waals surface area contributed by atoms with E-state index >= 15 is 0 Å². The molecule has 0 aliphatic rings. The first-order chi connectivity index (χ1) is 8.92. The standard InChI is InChI=1S/C12H12FN3O3/c1-7(4-11(17)18)15-12(19)16-9-2-3-10(13)8(5-9)6-14/h2-3,5,7H,4H2,1H3,(H,17,18)(H2,15,16,19). The van der Waals surface area contributed by atoms with Crippen molar-refractivity contribution in [2.75, 3.05) is 5.32 Å². The lowest BCUT2D eigenvalue weighted by Gasteiger charge is -2.12. The highest BCUT2D eigenvalue weighted by Gasteiger charge is 2.11. The Balaban J connectivity index is 2.62. The van der Waals surface area contributed by atoms with E-state index in [9.17, 15) is 14.0 Å². The molecule has 0 saturated heterocycles. The number of nitriles is 1. The van der Waals surface area contributed by atoms with Crippen molar-refractivity contribution in [3.63, 3.8) is 0 Å². The van der Waals surface area contributed by atoms with Crippen LogP contribution in [-0.4, -0.2) is 23.1 Å². The number of nitrogens with one attached hydrogen (secondary N) is 2. The van der Waals surface area contributed by atoms with Gasteiger partial charge in [0.2, 0.25) is 0 Å². The summed E-state index contributed by atoms with van der Waals surface area (Å²) < 4.78 is 13.0. The summed E-state index contributed by atoms with van der Waals surface area (Å²) in [6.45, 7) is 1.54. The maximum atomic E-state index is 13.0. The molecule has 1 rings (SSSR count). The number of carboxylic acids is 1. The molecule has 2 amide bonds. The molecule has 0 fully saturated rings. The molecule has 0 aliphatic heterocycles. The van der Waals surface area contributed by atoms with Crippen LogP contribution in [0.2, 0.25) is 0 Å². The lowest BCUT2D eigenvalue weighted by atomic mass is 10.2. The van der Waals surface area contributed by atoms with Crippen LogP contribution < -0.4 is 10.6 Å². The second-order valence-corrected chi connectivity index (χ2v) is 3.90. The lowest BCUT2D eigenvalue weighted by Crippen LogP contribution is -2.37. The average Bonchev–Trinajstić information content (AvgIpc) is 2.30. The minimum Gasteiger partial charge on any atom is -0.481 e. The number of benzene rings is 1. The van der Waals surface area contributed by atoms with E-state index in [1.165, 1.54) is 12.1 Å². The molecular formula is C12H12FN3O3. The van der Waals surface area contributed by atoms with Crippen molar-refractivity contribution in [3.8, 4) is 6.07 Å². The monoisotopic (exact) mass is 265 g/mol. The molecule has 19 heavy (non-hydrogen) atoms. The Morgan fingerprint density at radius 3 is 2.79 bits per heavy atom. The van der Waals surface area contributed by atoms with Gasteiger partial charge < -0.3 is 15.7 Å². The smallest absolute Gasteiger partial charge is 0.319 e. The van der Waals surface area contributed by atoms with Crippen LogP contribution in [0.4, 0.5) is 14.9 Å². The topological polar surface area (TPSA) is 102 Å². The lowest BCUT2D eigenvalue weighted by molar-refractivity contribution is -0.137. The highest BCUT2D eigenvalue weighted by atomic mass is 19.1. The second-order valence-electron chi connectivity index (χ2n) is 3.90. The third kappa shape index (κ3) is 4.63. The fourth-order valence-electron chi connectivity index (χ4n) is 1.39. The molecule has 100 valence electrons. The maximum Gasteiger partial charge on any atom is 0.319 e. The number of carbonyl (C=O) groups is 2. The van der Waals surface area contributed by atoms with Crippen LogP contribution in [0.1, 0.15) is 18.9 Å². The van der Waals surface area contributed by atoms with Gasteiger partial charge in [0.05, 0.1) is 12.0 Å². The first-order valence-electron chi connectivity index (χ1n) is 5.41. The molecule has 0 saturated carbocycles. The van der Waals surface area contributed by atoms with E-state index in [4.69, 9.17) is 10.4 Å². The number of nitrogens with zero attached hydrogens (tertiary/aromatic N) is 1. The third-order valence-corrected chi connectivity index (χ3v) is 2.20. The normalized spacial score (nSPS) is 11.2. The van der Waals surface area contributed by atoms with Gasteiger partial charge in [-0.3, -0.25) is 4.79 Å². The van der Waals surface area contributed by atoms with Crippen LogP contribution in [0.5, 0.6) is 0 Å². The molecule has 0 aromatic heterocycles. The van der Waals surface area contributed by atoms with Gasteiger partial charge in [0.1, 0.15) is 11.9 Å². The predicted octanol–water partition coefficient (Wildman–Crippen LogP) is 1.68. The third-order valence-electron chi connectivity index (χ3n) is 2.20. The van der Waals surface area contributed by atoms with Crippen LogP contribution in [0, 0.1) is 17.1 Å². The summed E-state index contributed by atoms with van der Waals surface area (Å²) in [5.41, 5.74) is 0.0642. The van der Waals surface area contributed by atoms with E-state index in [0.717, 1.165) is 6.07 Å². The molecule has 0 bridgehead atoms. The summed E-state index contributed by atoms with van der Waals surface area (Å²) in [5, 5.41) is 22.0. The molecule has 1 aromatic carbocycles. The Morgan fingerprint density at radius 2 is 2.21 bits per heavy atom. The minimum atomic E-state index is -1.03. The Labute approximate surface area is 108 Å². The van der Waals surface area contributed by atoms with Gasteiger partial charge in [-0.2, -0.15) is 5.26 Å². The number of anilines is 1. The van der Waals surface area contributed by atoms with E-state index in [2.05, 4.69) is 10.6 Å². The number of aliphatic carboxylic acids is 1. The second kappa shape index (κ2) is 6.35. The van der Waals surface area contributed by atoms with E-state index in [0.29, 0.717) is 0 Å². The summed E-state index contributed by atoms with van der Waals surface area (Å²) in [4.78, 5) is 21.9. The first kappa shape index (κ1) is 14.4. The van der Waals surface area contributed by atoms with Gasteiger partial charge in [-0.15, -0.1) is 0 Å². The number of carboxylic acid groups (broad SMARTS) is 1. The molecule has 3 N–H and O–H groups in total. The van der Waals surface area contributed by atoms with Crippen molar-refractivity contribution >= 4 is 17.7 Å². The number of urea groups is 1. The van der Waals surface area contributed by atoms with Gasteiger partial charge in [-0.25, -0.2) is 9.18 Å². The van der Waals surface area contributed by atoms with Gasteiger partial charge >= 0.3 is 12.0 Å². The highest BCUT2D eigenvalue weighted by Crippen LogP contribution is 2.13. The number of halogens is 1. The van der Waals surface area contributed by atoms with Gasteiger partial charge in [-0.1, -0.05) is 0 Å². The molecule has 0 radical (unpaired) electrons. The Morgan fingerprint density at radius 1 is 1.53 bits per heavy atom. The first-order valence-corrected chi connectivity index (χ1v) is 5.41. The van der Waals surface area contributed by atoms with Crippen LogP contribution in [0.3, 0.4) is 0 Å². The average molecular weight is 265 g/mol. The largest absolute Gasteiger partial charge is 0.481 e. The van der Waals surface area contributed by atoms with Crippen LogP contribution in [0.15, 0.2) is 18.2 Å². The predicted molar refractivity (Wildman–Crippen MR) is 65.0 cm³/mol. The van der Waals surface area contributed by atoms with E-state index in [1.807, 2.05) is 0 Å². The molecule has 0 spiro atoms. The van der Waals surface area contributed by atoms with Crippen molar-refractivity contribution in [3.05, 3.63) is 29.6 Å². The van der Waals surface area contributed by atoms with Crippen molar-refractivity contribution in [1.29, 1.82) is 5.26 Å². The van der Waals surface area contributed by atoms with Crippen molar-refractivity contribution in [2.45, 2.75) is 19.4 Å². The van der Waals surface area contributed by atoms with Crippen molar-refractivity contribution in [2.24, 2.45) is 0 Å². The molecule has 0 aliphatic carbocycles. The van der Waals surface area contributed by atoms with Gasteiger partial charge in [0.25, 0.3) is 0 Å². The van der Waals surface area contributed by atoms with Crippen LogP contribution >= 0.6 is 0 Å². The van der Waals surface area contributed by atoms with Gasteiger partial charge in [-0.05, 0) is 25.1 Å². The Bertz CT molecular complexity index is 540. The van der Waals surface area contributed by atoms with Crippen molar-refractivity contribution in [1.82, 2.24) is 5.32 Å². The summed E-state index contributed by atoms with van der Waals surface area (Å²) in [7, 11) is 0.